The highest BCUT2D eigenvalue weighted by Gasteiger charge is 2.30. The van der Waals surface area contributed by atoms with Gasteiger partial charge < -0.3 is 19.5 Å². The molecule has 3 heterocycles. The average molecular weight is 343 g/mol. The summed E-state index contributed by atoms with van der Waals surface area (Å²) >= 11 is 0. The zero-order valence-electron chi connectivity index (χ0n) is 14.8. The second-order valence-electron chi connectivity index (χ2n) is 6.52. The summed E-state index contributed by atoms with van der Waals surface area (Å²) in [7, 11) is 3.98. The number of ether oxygens (including phenoxy) is 1. The van der Waals surface area contributed by atoms with Crippen molar-refractivity contribution in [3.63, 3.8) is 0 Å². The Morgan fingerprint density at radius 3 is 3.00 bits per heavy atom. The van der Waals surface area contributed by atoms with E-state index >= 15 is 0 Å². The number of nitrogens with zero attached hydrogens (tertiary/aromatic N) is 4. The molecule has 0 aliphatic carbocycles. The van der Waals surface area contributed by atoms with Gasteiger partial charge in [-0.3, -0.25) is 4.79 Å². The van der Waals surface area contributed by atoms with Crippen LogP contribution in [0.3, 0.4) is 0 Å². The molecule has 1 unspecified atom stereocenters. The fourth-order valence-corrected chi connectivity index (χ4v) is 3.04. The van der Waals surface area contributed by atoms with Crippen LogP contribution in [-0.4, -0.2) is 64.5 Å². The predicted octanol–water partition coefficient (Wildman–Crippen LogP) is 2.11. The number of aromatic amines is 1. The fourth-order valence-electron chi connectivity index (χ4n) is 3.04. The lowest BCUT2D eigenvalue weighted by Gasteiger charge is -2.34. The molecular formula is C18H25N5O2. The van der Waals surface area contributed by atoms with Gasteiger partial charge in [-0.1, -0.05) is 0 Å². The van der Waals surface area contributed by atoms with Gasteiger partial charge in [0, 0.05) is 43.3 Å². The number of rotatable bonds is 6. The van der Waals surface area contributed by atoms with E-state index in [4.69, 9.17) is 4.74 Å². The van der Waals surface area contributed by atoms with Crippen molar-refractivity contribution in [1.29, 1.82) is 0 Å². The second-order valence-corrected chi connectivity index (χ2v) is 6.52. The van der Waals surface area contributed by atoms with E-state index in [9.17, 15) is 4.79 Å². The minimum Gasteiger partial charge on any atom is -0.476 e. The van der Waals surface area contributed by atoms with Gasteiger partial charge in [0.05, 0.1) is 6.04 Å². The number of carbonyl (C=O) groups excluding carboxylic acids is 1. The Morgan fingerprint density at radius 2 is 2.24 bits per heavy atom. The Balaban J connectivity index is 1.72. The van der Waals surface area contributed by atoms with E-state index in [2.05, 4.69) is 15.0 Å². The number of pyridine rings is 1. The Morgan fingerprint density at radius 1 is 1.36 bits per heavy atom. The Kier molecular flexibility index (Phi) is 5.65. The molecule has 1 amide bonds. The van der Waals surface area contributed by atoms with E-state index in [1.807, 2.05) is 23.9 Å². The van der Waals surface area contributed by atoms with Crippen molar-refractivity contribution >= 4 is 5.91 Å². The zero-order valence-corrected chi connectivity index (χ0v) is 14.8. The number of likely N-dealkylation sites (N-methyl/N-ethyl adjacent to an activating group) is 1. The van der Waals surface area contributed by atoms with Gasteiger partial charge in [-0.2, -0.15) is 0 Å². The number of hydrogen-bond donors (Lipinski definition) is 1. The molecule has 134 valence electrons. The Bertz CT molecular complexity index is 687. The van der Waals surface area contributed by atoms with Gasteiger partial charge in [-0.15, -0.1) is 0 Å². The number of imidazole rings is 1. The topological polar surface area (TPSA) is 74.3 Å². The summed E-state index contributed by atoms with van der Waals surface area (Å²) in [6.45, 7) is 2.08. The van der Waals surface area contributed by atoms with Gasteiger partial charge in [0.2, 0.25) is 5.88 Å². The molecule has 2 aromatic heterocycles. The third kappa shape index (κ3) is 4.36. The number of carbonyl (C=O) groups is 1. The molecule has 3 rings (SSSR count). The largest absolute Gasteiger partial charge is 0.476 e. The number of H-pyrrole nitrogens is 1. The highest BCUT2D eigenvalue weighted by atomic mass is 16.5. The maximum atomic E-state index is 13.0. The summed E-state index contributed by atoms with van der Waals surface area (Å²) in [4.78, 5) is 28.7. The van der Waals surface area contributed by atoms with Gasteiger partial charge in [0.15, 0.2) is 0 Å². The standard InChI is InChI=1S/C18H25N5O2/c1-22(2)11-12-25-16-13-14(6-7-19-16)18(24)23-10-4-3-5-15(23)17-20-8-9-21-17/h6-9,13,15H,3-5,10-12H2,1-2H3,(H,20,21). The molecule has 1 atom stereocenters. The predicted molar refractivity (Wildman–Crippen MR) is 94.5 cm³/mol. The van der Waals surface area contributed by atoms with Crippen LogP contribution in [0.1, 0.15) is 41.5 Å². The molecular weight excluding hydrogens is 318 g/mol. The number of aromatic nitrogens is 3. The summed E-state index contributed by atoms with van der Waals surface area (Å²) in [6.07, 6.45) is 8.21. The van der Waals surface area contributed by atoms with Gasteiger partial charge in [0.25, 0.3) is 5.91 Å². The van der Waals surface area contributed by atoms with Crippen LogP contribution < -0.4 is 4.74 Å². The van der Waals surface area contributed by atoms with Crippen LogP contribution in [-0.2, 0) is 0 Å². The van der Waals surface area contributed by atoms with Crippen LogP contribution in [0.4, 0.5) is 0 Å². The van der Waals surface area contributed by atoms with E-state index in [-0.39, 0.29) is 11.9 Å². The van der Waals surface area contributed by atoms with Crippen LogP contribution in [0.15, 0.2) is 30.7 Å². The minimum atomic E-state index is 0.000889. The van der Waals surface area contributed by atoms with E-state index in [0.29, 0.717) is 18.1 Å². The van der Waals surface area contributed by atoms with Gasteiger partial charge in [0.1, 0.15) is 12.4 Å². The molecule has 7 nitrogen and oxygen atoms in total. The van der Waals surface area contributed by atoms with Gasteiger partial charge in [-0.05, 0) is 39.4 Å². The average Bonchev–Trinajstić information content (AvgIpc) is 3.15. The maximum absolute atomic E-state index is 13.0. The molecule has 1 aliphatic rings. The number of likely N-dealkylation sites (tertiary alicyclic amines) is 1. The van der Waals surface area contributed by atoms with E-state index in [1.165, 1.54) is 0 Å². The molecule has 0 spiro atoms. The van der Waals surface area contributed by atoms with Crippen LogP contribution >= 0.6 is 0 Å². The molecule has 0 saturated carbocycles. The monoisotopic (exact) mass is 343 g/mol. The Hall–Kier alpha value is -2.41. The fraction of sp³-hybridized carbons (Fsp3) is 0.500. The van der Waals surface area contributed by atoms with Crippen LogP contribution in [0.2, 0.25) is 0 Å². The molecule has 1 saturated heterocycles. The number of hydrogen-bond acceptors (Lipinski definition) is 5. The van der Waals surface area contributed by atoms with E-state index in [1.54, 1.807) is 30.7 Å². The summed E-state index contributed by atoms with van der Waals surface area (Å²) in [5, 5.41) is 0. The lowest BCUT2D eigenvalue weighted by molar-refractivity contribution is 0.0600. The molecule has 1 aliphatic heterocycles. The third-order valence-corrected chi connectivity index (χ3v) is 4.37. The van der Waals surface area contributed by atoms with E-state index < -0.39 is 0 Å². The third-order valence-electron chi connectivity index (χ3n) is 4.37. The molecule has 1 fully saturated rings. The second kappa shape index (κ2) is 8.11. The SMILES string of the molecule is CN(C)CCOc1cc(C(=O)N2CCCCC2c2ncc[nH]2)ccn1. The zero-order chi connectivity index (χ0) is 17.6. The maximum Gasteiger partial charge on any atom is 0.254 e. The lowest BCUT2D eigenvalue weighted by Crippen LogP contribution is -2.39. The highest BCUT2D eigenvalue weighted by Crippen LogP contribution is 2.30. The van der Waals surface area contributed by atoms with Crippen molar-refractivity contribution in [2.24, 2.45) is 0 Å². The van der Waals surface area contributed by atoms with Crippen LogP contribution in [0.5, 0.6) is 5.88 Å². The number of piperidine rings is 1. The normalized spacial score (nSPS) is 17.7. The van der Waals surface area contributed by atoms with Gasteiger partial charge in [-0.25, -0.2) is 9.97 Å². The first-order chi connectivity index (χ1) is 12.1. The van der Waals surface area contributed by atoms with Crippen LogP contribution in [0.25, 0.3) is 0 Å². The van der Waals surface area contributed by atoms with Crippen LogP contribution in [0, 0.1) is 0 Å². The first-order valence-corrected chi connectivity index (χ1v) is 8.69. The first-order valence-electron chi connectivity index (χ1n) is 8.69. The van der Waals surface area contributed by atoms with Crippen molar-refractivity contribution in [3.05, 3.63) is 42.1 Å². The minimum absolute atomic E-state index is 0.000889. The molecule has 7 heteroatoms. The van der Waals surface area contributed by atoms with Gasteiger partial charge >= 0.3 is 0 Å². The van der Waals surface area contributed by atoms with Crippen molar-refractivity contribution in [1.82, 2.24) is 24.8 Å². The number of nitrogens with one attached hydrogen (secondary N) is 1. The highest BCUT2D eigenvalue weighted by molar-refractivity contribution is 5.94. The van der Waals surface area contributed by atoms with E-state index in [0.717, 1.165) is 38.2 Å². The van der Waals surface area contributed by atoms with Crippen molar-refractivity contribution in [2.75, 3.05) is 33.8 Å². The molecule has 25 heavy (non-hydrogen) atoms. The summed E-state index contributed by atoms with van der Waals surface area (Å²) in [5.74, 6) is 1.34. The Labute approximate surface area is 148 Å². The van der Waals surface area contributed by atoms with Crippen molar-refractivity contribution in [2.45, 2.75) is 25.3 Å². The molecule has 1 N–H and O–H groups in total. The quantitative estimate of drug-likeness (QED) is 0.869. The molecule has 2 aromatic rings. The summed E-state index contributed by atoms with van der Waals surface area (Å²) in [5.41, 5.74) is 0.605. The summed E-state index contributed by atoms with van der Waals surface area (Å²) in [6, 6.07) is 3.48. The molecule has 0 aromatic carbocycles. The smallest absolute Gasteiger partial charge is 0.254 e. The first kappa shape index (κ1) is 17.4. The summed E-state index contributed by atoms with van der Waals surface area (Å²) < 4.78 is 5.65. The lowest BCUT2D eigenvalue weighted by atomic mass is 10.0. The van der Waals surface area contributed by atoms with Crippen molar-refractivity contribution < 1.29 is 9.53 Å². The number of amides is 1. The molecule has 0 bridgehead atoms. The van der Waals surface area contributed by atoms with Crippen molar-refractivity contribution in [3.8, 4) is 5.88 Å². The molecule has 0 radical (unpaired) electrons.